The van der Waals surface area contributed by atoms with E-state index in [9.17, 15) is 14.7 Å². The number of carbonyl (C=O) groups is 2. The first kappa shape index (κ1) is 21.1. The van der Waals surface area contributed by atoms with Crippen molar-refractivity contribution in [3.8, 4) is 0 Å². The third kappa shape index (κ3) is 4.18. The molecule has 1 N–H and O–H groups in total. The molecular formula is C24H25N3O3S. The molecule has 1 aliphatic rings. The van der Waals surface area contributed by atoms with E-state index in [-0.39, 0.29) is 11.4 Å². The second-order valence-corrected chi connectivity index (χ2v) is 8.89. The summed E-state index contributed by atoms with van der Waals surface area (Å²) in [5, 5.41) is 12.5. The number of thiophene rings is 1. The first-order valence-electron chi connectivity index (χ1n) is 10.3. The first-order chi connectivity index (χ1) is 15.0. The molecule has 31 heavy (non-hydrogen) atoms. The van der Waals surface area contributed by atoms with Gasteiger partial charge < -0.3 is 14.6 Å². The molecule has 1 aromatic carbocycles. The molecule has 3 heterocycles. The lowest BCUT2D eigenvalue weighted by Gasteiger charge is -2.27. The van der Waals surface area contributed by atoms with E-state index in [4.69, 9.17) is 0 Å². The molecule has 0 spiro atoms. The van der Waals surface area contributed by atoms with Crippen LogP contribution in [0.4, 0.5) is 0 Å². The predicted molar refractivity (Wildman–Crippen MR) is 120 cm³/mol. The Hall–Kier alpha value is -3.19. The number of hydrogen-bond acceptors (Lipinski definition) is 5. The fourth-order valence-corrected chi connectivity index (χ4v) is 4.59. The van der Waals surface area contributed by atoms with E-state index in [2.05, 4.69) is 18.8 Å². The number of nitrogens with zero attached hydrogens (tertiary/aromatic N) is 3. The second-order valence-electron chi connectivity index (χ2n) is 7.95. The minimum atomic E-state index is -0.605. The Labute approximate surface area is 185 Å². The molecule has 0 radical (unpaired) electrons. The van der Waals surface area contributed by atoms with Crippen LogP contribution in [0.2, 0.25) is 0 Å². The van der Waals surface area contributed by atoms with E-state index in [0.717, 1.165) is 5.56 Å². The molecule has 0 fully saturated rings. The smallest absolute Gasteiger partial charge is 0.290 e. The summed E-state index contributed by atoms with van der Waals surface area (Å²) < 4.78 is 1.94. The highest BCUT2D eigenvalue weighted by molar-refractivity contribution is 7.12. The summed E-state index contributed by atoms with van der Waals surface area (Å²) in [7, 11) is 0. The lowest BCUT2D eigenvalue weighted by molar-refractivity contribution is -0.129. The van der Waals surface area contributed by atoms with Gasteiger partial charge in [-0.05, 0) is 34.9 Å². The first-order valence-corrected chi connectivity index (χ1v) is 11.2. The molecule has 2 aromatic heterocycles. The topological polar surface area (TPSA) is 75.4 Å². The van der Waals surface area contributed by atoms with Gasteiger partial charge in [0.05, 0.1) is 22.8 Å². The van der Waals surface area contributed by atoms with Crippen LogP contribution in [0.25, 0.3) is 0 Å². The molecule has 0 saturated carbocycles. The van der Waals surface area contributed by atoms with Crippen LogP contribution >= 0.6 is 11.3 Å². The average Bonchev–Trinajstić information content (AvgIpc) is 3.52. The molecule has 1 amide bonds. The average molecular weight is 436 g/mol. The Morgan fingerprint density at radius 1 is 1.19 bits per heavy atom. The number of imidazole rings is 1. The molecule has 4 rings (SSSR count). The van der Waals surface area contributed by atoms with Crippen molar-refractivity contribution in [2.75, 3.05) is 6.54 Å². The summed E-state index contributed by atoms with van der Waals surface area (Å²) in [6.45, 7) is 5.35. The van der Waals surface area contributed by atoms with Crippen LogP contribution < -0.4 is 0 Å². The highest BCUT2D eigenvalue weighted by atomic mass is 32.1. The lowest BCUT2D eigenvalue weighted by Crippen LogP contribution is -2.32. The standard InChI is InChI=1S/C24H25N3O3S/c1-16(2)17-6-8-18(9-7-17)21-20(22(28)19-5-3-14-31-19)23(29)24(30)27(21)12-4-11-26-13-10-25-15-26/h3,5-10,13-16,21,29H,4,11-12H2,1-2H3/t21-/m1/s1. The minimum absolute atomic E-state index is 0.160. The third-order valence-corrected chi connectivity index (χ3v) is 6.46. The highest BCUT2D eigenvalue weighted by Crippen LogP contribution is 2.39. The van der Waals surface area contributed by atoms with Crippen molar-refractivity contribution in [1.29, 1.82) is 0 Å². The maximum absolute atomic E-state index is 13.2. The van der Waals surface area contributed by atoms with E-state index in [1.54, 1.807) is 29.6 Å². The van der Waals surface area contributed by atoms with E-state index < -0.39 is 17.7 Å². The van der Waals surface area contributed by atoms with Gasteiger partial charge in [-0.3, -0.25) is 9.59 Å². The molecule has 6 nitrogen and oxygen atoms in total. The van der Waals surface area contributed by atoms with Crippen molar-refractivity contribution in [2.45, 2.75) is 38.8 Å². The van der Waals surface area contributed by atoms with E-state index >= 15 is 0 Å². The van der Waals surface area contributed by atoms with Crippen LogP contribution in [-0.2, 0) is 11.3 Å². The molecule has 0 aliphatic carbocycles. The van der Waals surface area contributed by atoms with Crippen molar-refractivity contribution >= 4 is 23.0 Å². The van der Waals surface area contributed by atoms with Gasteiger partial charge in [-0.1, -0.05) is 44.2 Å². The van der Waals surface area contributed by atoms with Gasteiger partial charge in [0, 0.05) is 25.5 Å². The molecule has 3 aromatic rings. The van der Waals surface area contributed by atoms with Crippen LogP contribution in [0, 0.1) is 0 Å². The maximum Gasteiger partial charge on any atom is 0.290 e. The number of carbonyl (C=O) groups excluding carboxylic acids is 2. The third-order valence-electron chi connectivity index (χ3n) is 5.59. The Balaban J connectivity index is 1.66. The molecule has 0 unspecified atom stereocenters. The number of aliphatic hydroxyl groups is 1. The van der Waals surface area contributed by atoms with E-state index in [1.165, 1.54) is 16.9 Å². The number of benzene rings is 1. The fraction of sp³-hybridized carbons (Fsp3) is 0.292. The number of amides is 1. The van der Waals surface area contributed by atoms with Crippen LogP contribution in [0.5, 0.6) is 0 Å². The maximum atomic E-state index is 13.2. The Morgan fingerprint density at radius 2 is 1.97 bits per heavy atom. The highest BCUT2D eigenvalue weighted by Gasteiger charge is 2.43. The number of rotatable bonds is 8. The van der Waals surface area contributed by atoms with Gasteiger partial charge >= 0.3 is 0 Å². The normalized spacial score (nSPS) is 16.5. The van der Waals surface area contributed by atoms with Crippen molar-refractivity contribution in [2.24, 2.45) is 0 Å². The molecular weight excluding hydrogens is 410 g/mol. The lowest BCUT2D eigenvalue weighted by atomic mass is 9.93. The molecule has 7 heteroatoms. The van der Waals surface area contributed by atoms with Gasteiger partial charge in [0.25, 0.3) is 5.91 Å². The number of Topliss-reactive ketones (excluding diaryl/α,β-unsaturated/α-hetero) is 1. The monoisotopic (exact) mass is 435 g/mol. The quantitative estimate of drug-likeness (QED) is 0.519. The molecule has 0 bridgehead atoms. The molecule has 160 valence electrons. The summed E-state index contributed by atoms with van der Waals surface area (Å²) in [6, 6.07) is 10.9. The van der Waals surface area contributed by atoms with Crippen molar-refractivity contribution in [3.05, 3.63) is 87.8 Å². The molecule has 1 aliphatic heterocycles. The van der Waals surface area contributed by atoms with Gasteiger partial charge in [0.1, 0.15) is 0 Å². The van der Waals surface area contributed by atoms with Crippen LogP contribution in [-0.4, -0.2) is 37.8 Å². The van der Waals surface area contributed by atoms with Crippen LogP contribution in [0.3, 0.4) is 0 Å². The summed E-state index contributed by atoms with van der Waals surface area (Å²) in [5.74, 6) is -0.861. The summed E-state index contributed by atoms with van der Waals surface area (Å²) >= 11 is 1.31. The zero-order valence-electron chi connectivity index (χ0n) is 17.6. The number of hydrogen-bond donors (Lipinski definition) is 1. The summed E-state index contributed by atoms with van der Waals surface area (Å²) in [6.07, 6.45) is 5.99. The zero-order chi connectivity index (χ0) is 22.0. The SMILES string of the molecule is CC(C)c1ccc([C@@H]2C(C(=O)c3cccs3)=C(O)C(=O)N2CCCn2ccnc2)cc1. The zero-order valence-corrected chi connectivity index (χ0v) is 18.4. The number of aliphatic hydroxyl groups excluding tert-OH is 1. The molecule has 1 atom stereocenters. The predicted octanol–water partition coefficient (Wildman–Crippen LogP) is 4.74. The van der Waals surface area contributed by atoms with Gasteiger partial charge in [0.15, 0.2) is 5.76 Å². The Kier molecular flexibility index (Phi) is 6.04. The summed E-state index contributed by atoms with van der Waals surface area (Å²) in [4.78, 5) is 32.4. The van der Waals surface area contributed by atoms with Gasteiger partial charge in [-0.25, -0.2) is 4.98 Å². The minimum Gasteiger partial charge on any atom is -0.503 e. The van der Waals surface area contributed by atoms with Gasteiger partial charge in [-0.15, -0.1) is 11.3 Å². The number of aryl methyl sites for hydroxylation is 1. The van der Waals surface area contributed by atoms with Crippen LogP contribution in [0.1, 0.15) is 53.0 Å². The van der Waals surface area contributed by atoms with E-state index in [0.29, 0.717) is 30.3 Å². The number of aromatic nitrogens is 2. The summed E-state index contributed by atoms with van der Waals surface area (Å²) in [5.41, 5.74) is 2.16. The number of ketones is 1. The Bertz CT molecular complexity index is 1080. The van der Waals surface area contributed by atoms with Gasteiger partial charge in [-0.2, -0.15) is 0 Å². The fourth-order valence-electron chi connectivity index (χ4n) is 3.91. The van der Waals surface area contributed by atoms with E-state index in [1.807, 2.05) is 40.4 Å². The van der Waals surface area contributed by atoms with Crippen molar-refractivity contribution in [1.82, 2.24) is 14.5 Å². The largest absolute Gasteiger partial charge is 0.503 e. The Morgan fingerprint density at radius 3 is 2.58 bits per heavy atom. The van der Waals surface area contributed by atoms with Gasteiger partial charge in [0.2, 0.25) is 5.78 Å². The molecule has 0 saturated heterocycles. The van der Waals surface area contributed by atoms with Crippen LogP contribution in [0.15, 0.2) is 71.8 Å². The van der Waals surface area contributed by atoms with Crippen molar-refractivity contribution in [3.63, 3.8) is 0 Å². The second kappa shape index (κ2) is 8.89. The van der Waals surface area contributed by atoms with Crippen molar-refractivity contribution < 1.29 is 14.7 Å².